The maximum absolute atomic E-state index is 12.4. The second kappa shape index (κ2) is 4.74. The molecule has 2 fully saturated rings. The van der Waals surface area contributed by atoms with Gasteiger partial charge in [-0.05, 0) is 24.8 Å². The van der Waals surface area contributed by atoms with E-state index in [9.17, 15) is 14.4 Å². The summed E-state index contributed by atoms with van der Waals surface area (Å²) < 4.78 is 0. The predicted molar refractivity (Wildman–Crippen MR) is 71.6 cm³/mol. The van der Waals surface area contributed by atoms with E-state index in [0.29, 0.717) is 0 Å². The van der Waals surface area contributed by atoms with Crippen molar-refractivity contribution in [1.82, 2.24) is 10.2 Å². The number of amides is 3. The summed E-state index contributed by atoms with van der Waals surface area (Å²) >= 11 is 0. The Hall–Kier alpha value is -2.17. The number of imide groups is 1. The summed E-state index contributed by atoms with van der Waals surface area (Å²) in [6, 6.07) is 9.30. The van der Waals surface area contributed by atoms with Crippen LogP contribution in [0.2, 0.25) is 0 Å². The van der Waals surface area contributed by atoms with Crippen LogP contribution in [0.15, 0.2) is 30.3 Å². The average Bonchev–Trinajstić information content (AvgIpc) is 3.23. The number of hydrogen-bond acceptors (Lipinski definition) is 3. The lowest BCUT2D eigenvalue weighted by atomic mass is 10.1. The Bertz CT molecular complexity index is 570. The van der Waals surface area contributed by atoms with Gasteiger partial charge in [-0.2, -0.15) is 0 Å². The largest absolute Gasteiger partial charge is 0.321 e. The molecule has 3 atom stereocenters. The molecule has 3 rings (SSSR count). The summed E-state index contributed by atoms with van der Waals surface area (Å²) in [6.45, 7) is 1.63. The first kappa shape index (κ1) is 12.8. The molecule has 0 aromatic heterocycles. The maximum Gasteiger partial charge on any atom is 0.249 e. The molecule has 1 aromatic rings. The summed E-state index contributed by atoms with van der Waals surface area (Å²) in [5.41, 5.74) is 1.14. The molecule has 3 amide bonds. The minimum absolute atomic E-state index is 0.0241. The van der Waals surface area contributed by atoms with Gasteiger partial charge in [0.05, 0.1) is 0 Å². The van der Waals surface area contributed by atoms with Gasteiger partial charge < -0.3 is 4.90 Å². The highest BCUT2D eigenvalue weighted by molar-refractivity contribution is 6.04. The normalized spacial score (nSPS) is 29.1. The minimum atomic E-state index is -0.572. The number of nitrogens with one attached hydrogen (secondary N) is 1. The molecule has 2 aliphatic rings. The molecule has 1 heterocycles. The molecular formula is C15H16N2O3. The standard InChI is InChI=1S/C15H16N2O3/c1-9-14(19)16-13(18)8-17(9)15(20)12-7-11(12)10-5-3-2-4-6-10/h2-6,9,11-12H,7-8H2,1H3,(H,16,18,19). The van der Waals surface area contributed by atoms with E-state index in [-0.39, 0.29) is 24.3 Å². The lowest BCUT2D eigenvalue weighted by Gasteiger charge is -2.31. The van der Waals surface area contributed by atoms with Crippen molar-refractivity contribution in [3.05, 3.63) is 35.9 Å². The van der Waals surface area contributed by atoms with Crippen molar-refractivity contribution in [3.8, 4) is 0 Å². The quantitative estimate of drug-likeness (QED) is 0.804. The minimum Gasteiger partial charge on any atom is -0.321 e. The van der Waals surface area contributed by atoms with E-state index >= 15 is 0 Å². The van der Waals surface area contributed by atoms with E-state index in [1.54, 1.807) is 6.92 Å². The van der Waals surface area contributed by atoms with Gasteiger partial charge in [-0.1, -0.05) is 30.3 Å². The highest BCUT2D eigenvalue weighted by Crippen LogP contribution is 2.48. The fraction of sp³-hybridized carbons (Fsp3) is 0.400. The molecule has 1 saturated carbocycles. The lowest BCUT2D eigenvalue weighted by molar-refractivity contribution is -0.150. The van der Waals surface area contributed by atoms with Crippen LogP contribution in [-0.2, 0) is 14.4 Å². The van der Waals surface area contributed by atoms with Crippen LogP contribution in [-0.4, -0.2) is 35.2 Å². The van der Waals surface area contributed by atoms with E-state index in [1.165, 1.54) is 4.90 Å². The van der Waals surface area contributed by atoms with Crippen LogP contribution in [0.1, 0.15) is 24.8 Å². The molecule has 0 bridgehead atoms. The Labute approximate surface area is 116 Å². The number of benzene rings is 1. The van der Waals surface area contributed by atoms with Gasteiger partial charge in [0.2, 0.25) is 17.7 Å². The third-order valence-electron chi connectivity index (χ3n) is 4.04. The van der Waals surface area contributed by atoms with E-state index in [4.69, 9.17) is 0 Å². The molecule has 1 aliphatic carbocycles. The van der Waals surface area contributed by atoms with Crippen LogP contribution in [0.25, 0.3) is 0 Å². The Morgan fingerprint density at radius 3 is 2.65 bits per heavy atom. The molecule has 0 spiro atoms. The molecule has 0 radical (unpaired) electrons. The second-order valence-electron chi connectivity index (χ2n) is 5.41. The first-order chi connectivity index (χ1) is 9.58. The highest BCUT2D eigenvalue weighted by Gasteiger charge is 2.48. The van der Waals surface area contributed by atoms with Crippen LogP contribution < -0.4 is 5.32 Å². The Morgan fingerprint density at radius 2 is 1.95 bits per heavy atom. The molecule has 104 valence electrons. The fourth-order valence-electron chi connectivity index (χ4n) is 2.73. The van der Waals surface area contributed by atoms with E-state index in [2.05, 4.69) is 5.32 Å². The summed E-state index contributed by atoms with van der Waals surface area (Å²) in [5.74, 6) is -0.769. The van der Waals surface area contributed by atoms with Gasteiger partial charge in [0.15, 0.2) is 0 Å². The van der Waals surface area contributed by atoms with Crippen molar-refractivity contribution >= 4 is 17.7 Å². The molecular weight excluding hydrogens is 256 g/mol. The zero-order valence-corrected chi connectivity index (χ0v) is 11.2. The Morgan fingerprint density at radius 1 is 1.25 bits per heavy atom. The first-order valence-corrected chi connectivity index (χ1v) is 6.77. The molecule has 1 N–H and O–H groups in total. The van der Waals surface area contributed by atoms with E-state index in [1.807, 2.05) is 30.3 Å². The van der Waals surface area contributed by atoms with Crippen LogP contribution >= 0.6 is 0 Å². The average molecular weight is 272 g/mol. The van der Waals surface area contributed by atoms with Crippen LogP contribution in [0.3, 0.4) is 0 Å². The van der Waals surface area contributed by atoms with Gasteiger partial charge in [0.1, 0.15) is 12.6 Å². The van der Waals surface area contributed by atoms with Crippen molar-refractivity contribution in [2.75, 3.05) is 6.54 Å². The SMILES string of the molecule is CC1C(=O)NC(=O)CN1C(=O)C1CC1c1ccccc1. The van der Waals surface area contributed by atoms with Crippen molar-refractivity contribution in [2.24, 2.45) is 5.92 Å². The first-order valence-electron chi connectivity index (χ1n) is 6.77. The third kappa shape index (κ3) is 2.19. The van der Waals surface area contributed by atoms with Crippen molar-refractivity contribution in [3.63, 3.8) is 0 Å². The van der Waals surface area contributed by atoms with E-state index < -0.39 is 17.9 Å². The molecule has 1 aliphatic heterocycles. The summed E-state index contributed by atoms with van der Waals surface area (Å²) in [6.07, 6.45) is 0.794. The van der Waals surface area contributed by atoms with Gasteiger partial charge in [0.25, 0.3) is 0 Å². The smallest absolute Gasteiger partial charge is 0.249 e. The van der Waals surface area contributed by atoms with Crippen LogP contribution in [0, 0.1) is 5.92 Å². The fourth-order valence-corrected chi connectivity index (χ4v) is 2.73. The summed E-state index contributed by atoms with van der Waals surface area (Å²) in [4.78, 5) is 36.8. The molecule has 3 unspecified atom stereocenters. The topological polar surface area (TPSA) is 66.5 Å². The van der Waals surface area contributed by atoms with Crippen molar-refractivity contribution < 1.29 is 14.4 Å². The third-order valence-corrected chi connectivity index (χ3v) is 4.04. The molecule has 5 heteroatoms. The number of hydrogen-bond donors (Lipinski definition) is 1. The number of rotatable bonds is 2. The molecule has 20 heavy (non-hydrogen) atoms. The number of carbonyl (C=O) groups is 3. The van der Waals surface area contributed by atoms with Gasteiger partial charge >= 0.3 is 0 Å². The van der Waals surface area contributed by atoms with Gasteiger partial charge in [0, 0.05) is 5.92 Å². The van der Waals surface area contributed by atoms with Gasteiger partial charge in [-0.25, -0.2) is 0 Å². The highest BCUT2D eigenvalue weighted by atomic mass is 16.2. The number of carbonyl (C=O) groups excluding carboxylic acids is 3. The van der Waals surface area contributed by atoms with Crippen molar-refractivity contribution in [1.29, 1.82) is 0 Å². The van der Waals surface area contributed by atoms with Crippen molar-refractivity contribution in [2.45, 2.75) is 25.3 Å². The number of nitrogens with zero attached hydrogens (tertiary/aromatic N) is 1. The van der Waals surface area contributed by atoms with Crippen LogP contribution in [0.4, 0.5) is 0 Å². The molecule has 1 saturated heterocycles. The zero-order valence-electron chi connectivity index (χ0n) is 11.2. The van der Waals surface area contributed by atoms with E-state index in [0.717, 1.165) is 12.0 Å². The maximum atomic E-state index is 12.4. The summed E-state index contributed by atoms with van der Waals surface area (Å²) in [7, 11) is 0. The van der Waals surface area contributed by atoms with Gasteiger partial charge in [-0.3, -0.25) is 19.7 Å². The zero-order chi connectivity index (χ0) is 14.3. The Balaban J connectivity index is 1.71. The molecule has 1 aromatic carbocycles. The van der Waals surface area contributed by atoms with Gasteiger partial charge in [-0.15, -0.1) is 0 Å². The predicted octanol–water partition coefficient (Wildman–Crippen LogP) is 0.664. The van der Waals surface area contributed by atoms with Crippen LogP contribution in [0.5, 0.6) is 0 Å². The second-order valence-corrected chi connectivity index (χ2v) is 5.41. The molecule has 5 nitrogen and oxygen atoms in total. The lowest BCUT2D eigenvalue weighted by Crippen LogP contribution is -2.59. The monoisotopic (exact) mass is 272 g/mol. The Kier molecular flexibility index (Phi) is 3.04. The number of piperazine rings is 1. The summed E-state index contributed by atoms with van der Waals surface area (Å²) in [5, 5.41) is 2.24.